The third-order valence-electron chi connectivity index (χ3n) is 6.98. The number of rotatable bonds is 44. The van der Waals surface area contributed by atoms with Gasteiger partial charge in [0, 0.05) is 6.54 Å². The molecule has 0 N–H and O–H groups in total. The number of ether oxygens (including phenoxy) is 13. The van der Waals surface area contributed by atoms with Gasteiger partial charge in [-0.25, -0.2) is 0 Å². The van der Waals surface area contributed by atoms with E-state index in [0.29, 0.717) is 159 Å². The largest absolute Gasteiger partial charge is 0.463 e. The number of carbonyl (C=O) groups is 1. The van der Waals surface area contributed by atoms with Crippen molar-refractivity contribution in [3.63, 3.8) is 0 Å². The molecular formula is C36H73NO14. The number of hydrogen-bond donors (Lipinski definition) is 0. The van der Waals surface area contributed by atoms with Crippen molar-refractivity contribution in [3.8, 4) is 0 Å². The van der Waals surface area contributed by atoms with Crippen molar-refractivity contribution >= 4 is 5.97 Å². The second-order valence-corrected chi connectivity index (χ2v) is 11.6. The van der Waals surface area contributed by atoms with Crippen molar-refractivity contribution < 1.29 is 66.4 Å². The molecular weight excluding hydrogens is 670 g/mol. The quantitative estimate of drug-likeness (QED) is 0.0667. The summed E-state index contributed by atoms with van der Waals surface area (Å²) in [6.45, 7) is 17.6. The molecule has 15 nitrogen and oxygen atoms in total. The van der Waals surface area contributed by atoms with Crippen molar-refractivity contribution in [2.45, 2.75) is 39.5 Å². The topological polar surface area (TPSA) is 140 Å². The highest BCUT2D eigenvalue weighted by molar-refractivity contribution is 5.72. The summed E-state index contributed by atoms with van der Waals surface area (Å²) < 4.78 is 71.0. The van der Waals surface area contributed by atoms with E-state index < -0.39 is 0 Å². The molecule has 0 aliphatic rings. The number of carbonyl (C=O) groups excluding carboxylic acids is 1. The molecule has 0 heterocycles. The molecule has 0 aromatic heterocycles. The Balaban J connectivity index is 3.13. The van der Waals surface area contributed by atoms with Crippen molar-refractivity contribution in [1.29, 1.82) is 0 Å². The third kappa shape index (κ3) is 41.6. The van der Waals surface area contributed by atoms with Crippen LogP contribution in [-0.2, 0) is 66.4 Å². The van der Waals surface area contributed by atoms with Crippen molar-refractivity contribution in [2.75, 3.05) is 186 Å². The molecule has 0 amide bonds. The van der Waals surface area contributed by atoms with Gasteiger partial charge < -0.3 is 66.5 Å². The van der Waals surface area contributed by atoms with E-state index >= 15 is 0 Å². The molecule has 0 aliphatic heterocycles. The zero-order chi connectivity index (χ0) is 37.1. The molecule has 0 aromatic rings. The fourth-order valence-corrected chi connectivity index (χ4v) is 4.03. The molecule has 0 bridgehead atoms. The van der Waals surface area contributed by atoms with Crippen LogP contribution in [0.2, 0.25) is 0 Å². The standard InChI is InChI=1S/C36H73NO14/c1-5-7-8-35(6-2)36(38)51-34-33-50-32-31-49-30-29-48-28-27-47-26-25-46-24-23-45-22-21-44-20-19-43-18-17-42-16-15-41-14-13-40-12-11-39-10-9-37(3)4/h35H,5-34H2,1-4H3. The summed E-state index contributed by atoms with van der Waals surface area (Å²) in [4.78, 5) is 14.1. The Kier molecular flexibility index (Phi) is 42.5. The van der Waals surface area contributed by atoms with Gasteiger partial charge >= 0.3 is 5.97 Å². The smallest absolute Gasteiger partial charge is 0.308 e. The first-order chi connectivity index (χ1) is 25.1. The van der Waals surface area contributed by atoms with Crippen LogP contribution >= 0.6 is 0 Å². The van der Waals surface area contributed by atoms with Gasteiger partial charge in [0.15, 0.2) is 0 Å². The Morgan fingerprint density at radius 3 is 0.902 bits per heavy atom. The molecule has 1 unspecified atom stereocenters. The molecule has 0 saturated heterocycles. The monoisotopic (exact) mass is 744 g/mol. The third-order valence-corrected chi connectivity index (χ3v) is 6.98. The van der Waals surface area contributed by atoms with Gasteiger partial charge in [0.05, 0.1) is 164 Å². The van der Waals surface area contributed by atoms with Gasteiger partial charge in [-0.3, -0.25) is 4.79 Å². The molecule has 15 heteroatoms. The highest BCUT2D eigenvalue weighted by Gasteiger charge is 2.16. The molecule has 0 saturated carbocycles. The number of likely N-dealkylation sites (N-methyl/N-ethyl adjacent to an activating group) is 1. The maximum atomic E-state index is 12.0. The molecule has 1 atom stereocenters. The van der Waals surface area contributed by atoms with E-state index in [-0.39, 0.29) is 18.5 Å². The molecule has 0 fully saturated rings. The van der Waals surface area contributed by atoms with Gasteiger partial charge in [0.25, 0.3) is 0 Å². The summed E-state index contributed by atoms with van der Waals surface area (Å²) in [6, 6.07) is 0. The highest BCUT2D eigenvalue weighted by Crippen LogP contribution is 2.14. The number of hydrogen-bond acceptors (Lipinski definition) is 15. The summed E-state index contributed by atoms with van der Waals surface area (Å²) >= 11 is 0. The Hall–Kier alpha value is -1.05. The Bertz CT molecular complexity index is 680. The molecule has 0 aliphatic carbocycles. The van der Waals surface area contributed by atoms with E-state index in [4.69, 9.17) is 61.6 Å². The summed E-state index contributed by atoms with van der Waals surface area (Å²) in [5.41, 5.74) is 0. The Morgan fingerprint density at radius 1 is 0.412 bits per heavy atom. The van der Waals surface area contributed by atoms with Crippen LogP contribution in [0.1, 0.15) is 39.5 Å². The van der Waals surface area contributed by atoms with Crippen LogP contribution in [0.5, 0.6) is 0 Å². The van der Waals surface area contributed by atoms with E-state index in [1.54, 1.807) is 0 Å². The second kappa shape index (κ2) is 43.4. The van der Waals surface area contributed by atoms with Crippen LogP contribution in [-0.4, -0.2) is 197 Å². The maximum Gasteiger partial charge on any atom is 0.308 e. The summed E-state index contributed by atoms with van der Waals surface area (Å²) in [5, 5.41) is 0. The van der Waals surface area contributed by atoms with Crippen LogP contribution in [0.4, 0.5) is 0 Å². The van der Waals surface area contributed by atoms with E-state index in [9.17, 15) is 4.79 Å². The van der Waals surface area contributed by atoms with Crippen LogP contribution in [0.3, 0.4) is 0 Å². The predicted octanol–water partition coefficient (Wildman–Crippen LogP) is 2.51. The second-order valence-electron chi connectivity index (χ2n) is 11.6. The SMILES string of the molecule is CCCCC(CC)C(=O)OCCOCCOCCOCCOCCOCCOCCOCCOCCOCCOCCOCCOCCN(C)C. The fourth-order valence-electron chi connectivity index (χ4n) is 4.03. The molecule has 0 radical (unpaired) electrons. The van der Waals surface area contributed by atoms with Gasteiger partial charge in [-0.05, 0) is 26.9 Å². The van der Waals surface area contributed by atoms with Gasteiger partial charge in [-0.2, -0.15) is 0 Å². The normalized spacial score (nSPS) is 12.3. The van der Waals surface area contributed by atoms with Gasteiger partial charge in [0.2, 0.25) is 0 Å². The number of nitrogens with zero attached hydrogens (tertiary/aromatic N) is 1. The summed E-state index contributed by atoms with van der Waals surface area (Å²) in [6.07, 6.45) is 3.83. The number of unbranched alkanes of at least 4 members (excludes halogenated alkanes) is 1. The van der Waals surface area contributed by atoms with E-state index in [2.05, 4.69) is 11.8 Å². The first-order valence-corrected chi connectivity index (χ1v) is 18.9. The summed E-state index contributed by atoms with van der Waals surface area (Å²) in [7, 11) is 4.04. The summed E-state index contributed by atoms with van der Waals surface area (Å²) in [5.74, 6) is -0.125. The predicted molar refractivity (Wildman–Crippen MR) is 193 cm³/mol. The van der Waals surface area contributed by atoms with Crippen LogP contribution < -0.4 is 0 Å². The zero-order valence-electron chi connectivity index (χ0n) is 32.5. The lowest BCUT2D eigenvalue weighted by atomic mass is 10.00. The molecule has 51 heavy (non-hydrogen) atoms. The van der Waals surface area contributed by atoms with Crippen molar-refractivity contribution in [3.05, 3.63) is 0 Å². The average Bonchev–Trinajstić information content (AvgIpc) is 3.12. The van der Waals surface area contributed by atoms with E-state index in [1.807, 2.05) is 21.0 Å². The molecule has 0 rings (SSSR count). The lowest BCUT2D eigenvalue weighted by Gasteiger charge is -2.13. The van der Waals surface area contributed by atoms with Crippen LogP contribution in [0.15, 0.2) is 0 Å². The van der Waals surface area contributed by atoms with Gasteiger partial charge in [-0.1, -0.05) is 26.7 Å². The van der Waals surface area contributed by atoms with E-state index in [1.165, 1.54) is 0 Å². The Morgan fingerprint density at radius 2 is 0.667 bits per heavy atom. The maximum absolute atomic E-state index is 12.0. The van der Waals surface area contributed by atoms with Crippen LogP contribution in [0.25, 0.3) is 0 Å². The average molecular weight is 744 g/mol. The lowest BCUT2D eigenvalue weighted by Crippen LogP contribution is -2.20. The highest BCUT2D eigenvalue weighted by atomic mass is 16.6. The minimum Gasteiger partial charge on any atom is -0.463 e. The van der Waals surface area contributed by atoms with Gasteiger partial charge in [0.1, 0.15) is 6.61 Å². The molecule has 306 valence electrons. The van der Waals surface area contributed by atoms with Gasteiger partial charge in [-0.15, -0.1) is 0 Å². The zero-order valence-corrected chi connectivity index (χ0v) is 32.5. The molecule has 0 spiro atoms. The lowest BCUT2D eigenvalue weighted by molar-refractivity contribution is -0.150. The van der Waals surface area contributed by atoms with E-state index in [0.717, 1.165) is 32.2 Å². The Labute approximate surface area is 308 Å². The fraction of sp³-hybridized carbons (Fsp3) is 0.972. The first kappa shape index (κ1) is 49.9. The minimum atomic E-state index is -0.120. The molecule has 0 aromatic carbocycles. The number of esters is 1. The first-order valence-electron chi connectivity index (χ1n) is 18.9. The van der Waals surface area contributed by atoms with Crippen LogP contribution in [0, 0.1) is 5.92 Å². The van der Waals surface area contributed by atoms with Crippen molar-refractivity contribution in [2.24, 2.45) is 5.92 Å². The van der Waals surface area contributed by atoms with Crippen molar-refractivity contribution in [1.82, 2.24) is 4.90 Å². The minimum absolute atomic E-state index is 0.00463.